The molecule has 4 rings (SSSR count). The predicted molar refractivity (Wildman–Crippen MR) is 138 cm³/mol. The summed E-state index contributed by atoms with van der Waals surface area (Å²) < 4.78 is 10.7. The third kappa shape index (κ3) is 6.03. The highest BCUT2D eigenvalue weighted by Gasteiger charge is 2.37. The fourth-order valence-corrected chi connectivity index (χ4v) is 4.54. The first-order valence-electron chi connectivity index (χ1n) is 12.3. The maximum absolute atomic E-state index is 13.5. The first-order chi connectivity index (χ1) is 17.5. The Bertz CT molecular complexity index is 1230. The van der Waals surface area contributed by atoms with Gasteiger partial charge in [0.25, 0.3) is 0 Å². The van der Waals surface area contributed by atoms with Crippen LogP contribution in [-0.4, -0.2) is 55.5 Å². The van der Waals surface area contributed by atoms with Crippen molar-refractivity contribution in [1.82, 2.24) is 10.2 Å². The average Bonchev–Trinajstić information content (AvgIpc) is 2.91. The summed E-state index contributed by atoms with van der Waals surface area (Å²) in [5.41, 5.74) is 2.03. The zero-order valence-corrected chi connectivity index (χ0v) is 20.7. The topological polar surface area (TPSA) is 84.9 Å². The first kappa shape index (κ1) is 25.2. The van der Waals surface area contributed by atoms with E-state index in [1.54, 1.807) is 7.11 Å². The Labute approximate surface area is 211 Å². The number of methoxy groups -OCH3 is 1. The molecule has 1 fully saturated rings. The number of carbonyl (C=O) groups is 3. The maximum Gasteiger partial charge on any atom is 0.308 e. The molecule has 1 heterocycles. The molecule has 1 N–H and O–H groups in total. The Balaban J connectivity index is 1.38. The van der Waals surface area contributed by atoms with E-state index in [1.165, 1.54) is 10.5 Å². The minimum Gasteiger partial charge on any atom is -0.497 e. The van der Waals surface area contributed by atoms with Gasteiger partial charge in [0, 0.05) is 13.1 Å². The first-order valence-corrected chi connectivity index (χ1v) is 12.3. The molecular formula is C29H32N2O5. The number of rotatable bonds is 9. The Morgan fingerprint density at radius 3 is 2.58 bits per heavy atom. The van der Waals surface area contributed by atoms with Crippen molar-refractivity contribution in [1.29, 1.82) is 0 Å². The third-order valence-corrected chi connectivity index (χ3v) is 6.63. The number of amides is 2. The summed E-state index contributed by atoms with van der Waals surface area (Å²) in [4.78, 5) is 40.1. The summed E-state index contributed by atoms with van der Waals surface area (Å²) >= 11 is 0. The van der Waals surface area contributed by atoms with Crippen LogP contribution in [0, 0.1) is 0 Å². The monoisotopic (exact) mass is 488 g/mol. The molecule has 7 nitrogen and oxygen atoms in total. The Morgan fingerprint density at radius 2 is 1.81 bits per heavy atom. The molecule has 3 aromatic rings. The number of aryl methyl sites for hydroxylation is 1. The molecule has 7 heteroatoms. The van der Waals surface area contributed by atoms with Crippen molar-refractivity contribution in [3.8, 4) is 5.75 Å². The van der Waals surface area contributed by atoms with Gasteiger partial charge in [0.1, 0.15) is 11.8 Å². The molecule has 0 aliphatic carbocycles. The Kier molecular flexibility index (Phi) is 8.21. The zero-order chi connectivity index (χ0) is 25.5. The quantitative estimate of drug-likeness (QED) is 0.365. The van der Waals surface area contributed by atoms with Crippen LogP contribution in [0.1, 0.15) is 36.8 Å². The van der Waals surface area contributed by atoms with Crippen LogP contribution in [-0.2, 0) is 25.5 Å². The van der Waals surface area contributed by atoms with Crippen molar-refractivity contribution in [3.05, 3.63) is 77.9 Å². The van der Waals surface area contributed by atoms with E-state index in [1.807, 2.05) is 73.7 Å². The molecule has 1 unspecified atom stereocenters. The smallest absolute Gasteiger partial charge is 0.308 e. The van der Waals surface area contributed by atoms with Gasteiger partial charge in [-0.25, -0.2) is 0 Å². The second-order valence-corrected chi connectivity index (χ2v) is 9.05. The number of esters is 1. The van der Waals surface area contributed by atoms with Gasteiger partial charge in [0.2, 0.25) is 11.8 Å². The van der Waals surface area contributed by atoms with Crippen molar-refractivity contribution < 1.29 is 23.9 Å². The van der Waals surface area contributed by atoms with Gasteiger partial charge in [0.05, 0.1) is 26.1 Å². The minimum absolute atomic E-state index is 0.160. The molecule has 0 bridgehead atoms. The van der Waals surface area contributed by atoms with Gasteiger partial charge in [-0.2, -0.15) is 0 Å². The molecular weight excluding hydrogens is 456 g/mol. The van der Waals surface area contributed by atoms with Crippen molar-refractivity contribution >= 4 is 28.6 Å². The highest BCUT2D eigenvalue weighted by atomic mass is 16.5. The third-order valence-electron chi connectivity index (χ3n) is 6.63. The van der Waals surface area contributed by atoms with Crippen molar-refractivity contribution in [2.75, 3.05) is 26.8 Å². The predicted octanol–water partition coefficient (Wildman–Crippen LogP) is 3.85. The number of hydrogen-bond donors (Lipinski definition) is 1. The summed E-state index contributed by atoms with van der Waals surface area (Å²) in [6.07, 6.45) is 1.34. The van der Waals surface area contributed by atoms with Crippen LogP contribution in [0.2, 0.25) is 0 Å². The van der Waals surface area contributed by atoms with Gasteiger partial charge in [-0.3, -0.25) is 14.4 Å². The van der Waals surface area contributed by atoms with Crippen LogP contribution in [0.15, 0.2) is 66.7 Å². The summed E-state index contributed by atoms with van der Waals surface area (Å²) in [6.45, 7) is 2.82. The van der Waals surface area contributed by atoms with Crippen LogP contribution in [0.4, 0.5) is 0 Å². The molecule has 0 spiro atoms. The number of hydrogen-bond acceptors (Lipinski definition) is 5. The molecule has 188 valence electrons. The van der Waals surface area contributed by atoms with Gasteiger partial charge in [-0.1, -0.05) is 54.6 Å². The van der Waals surface area contributed by atoms with Gasteiger partial charge < -0.3 is 19.7 Å². The molecule has 1 aliphatic rings. The van der Waals surface area contributed by atoms with Gasteiger partial charge in [-0.05, 0) is 53.8 Å². The number of fused-ring (bicyclic) bond motifs is 1. The van der Waals surface area contributed by atoms with E-state index in [4.69, 9.17) is 9.47 Å². The normalized spacial score (nSPS) is 16.3. The molecule has 2 atom stereocenters. The van der Waals surface area contributed by atoms with Gasteiger partial charge in [0.15, 0.2) is 0 Å². The maximum atomic E-state index is 13.5. The minimum atomic E-state index is -0.875. The van der Waals surface area contributed by atoms with E-state index in [0.29, 0.717) is 19.5 Å². The second kappa shape index (κ2) is 11.7. The van der Waals surface area contributed by atoms with Crippen LogP contribution >= 0.6 is 0 Å². The van der Waals surface area contributed by atoms with Crippen LogP contribution < -0.4 is 10.1 Å². The average molecular weight is 489 g/mol. The summed E-state index contributed by atoms with van der Waals surface area (Å²) in [5, 5.41) is 4.79. The van der Waals surface area contributed by atoms with E-state index in [0.717, 1.165) is 28.5 Å². The van der Waals surface area contributed by atoms with Crippen molar-refractivity contribution in [2.45, 2.75) is 38.1 Å². The molecule has 0 radical (unpaired) electrons. The Hall–Kier alpha value is -3.87. The second-order valence-electron chi connectivity index (χ2n) is 9.05. The Morgan fingerprint density at radius 1 is 1.06 bits per heavy atom. The summed E-state index contributed by atoms with van der Waals surface area (Å²) in [6, 6.07) is 20.8. The van der Waals surface area contributed by atoms with Crippen molar-refractivity contribution in [3.63, 3.8) is 0 Å². The lowest BCUT2D eigenvalue weighted by atomic mass is 9.95. The fourth-order valence-electron chi connectivity index (χ4n) is 4.54. The van der Waals surface area contributed by atoms with Gasteiger partial charge >= 0.3 is 5.97 Å². The largest absolute Gasteiger partial charge is 0.497 e. The van der Waals surface area contributed by atoms with E-state index >= 15 is 0 Å². The highest BCUT2D eigenvalue weighted by Crippen LogP contribution is 2.27. The standard InChI is InChI=1S/C29H32N2O5/c1-20(22-10-11-24-18-25(35-2)13-12-23(24)17-22)29(34)31-15-14-30-28(33)26(31)19-27(32)36-16-6-9-21-7-4-3-5-8-21/h3-5,7-8,10-13,17-18,20,26H,6,9,14-16,19H2,1-2H3,(H,30,33)/t20-,26?/m0/s1. The number of carbonyl (C=O) groups excluding carboxylic acids is 3. The van der Waals surface area contributed by atoms with Gasteiger partial charge in [-0.15, -0.1) is 0 Å². The molecule has 0 aromatic heterocycles. The van der Waals surface area contributed by atoms with E-state index in [-0.39, 0.29) is 24.8 Å². The zero-order valence-electron chi connectivity index (χ0n) is 20.7. The number of ether oxygens (including phenoxy) is 2. The SMILES string of the molecule is COc1ccc2cc([C@H](C)C(=O)N3CCNC(=O)C3CC(=O)OCCCc3ccccc3)ccc2c1. The van der Waals surface area contributed by atoms with E-state index < -0.39 is 17.9 Å². The van der Waals surface area contributed by atoms with E-state index in [2.05, 4.69) is 5.32 Å². The summed E-state index contributed by atoms with van der Waals surface area (Å²) in [7, 11) is 1.63. The lowest BCUT2D eigenvalue weighted by molar-refractivity contribution is -0.152. The highest BCUT2D eigenvalue weighted by molar-refractivity contribution is 5.94. The molecule has 1 saturated heterocycles. The molecule has 1 aliphatic heterocycles. The number of piperazine rings is 1. The summed E-state index contributed by atoms with van der Waals surface area (Å²) in [5.74, 6) is -0.677. The fraction of sp³-hybridized carbons (Fsp3) is 0.345. The number of nitrogens with zero attached hydrogens (tertiary/aromatic N) is 1. The molecule has 2 amide bonds. The van der Waals surface area contributed by atoms with Crippen molar-refractivity contribution in [2.24, 2.45) is 0 Å². The van der Waals surface area contributed by atoms with Crippen LogP contribution in [0.25, 0.3) is 10.8 Å². The van der Waals surface area contributed by atoms with Crippen LogP contribution in [0.3, 0.4) is 0 Å². The lowest BCUT2D eigenvalue weighted by Gasteiger charge is -2.36. The van der Waals surface area contributed by atoms with Crippen LogP contribution in [0.5, 0.6) is 5.75 Å². The molecule has 36 heavy (non-hydrogen) atoms. The molecule has 3 aromatic carbocycles. The van der Waals surface area contributed by atoms with E-state index in [9.17, 15) is 14.4 Å². The lowest BCUT2D eigenvalue weighted by Crippen LogP contribution is -2.58. The number of nitrogens with one attached hydrogen (secondary N) is 1. The molecule has 0 saturated carbocycles. The number of benzene rings is 3.